The molecule has 0 saturated carbocycles. The molecule has 1 rings (SSSR count). The first-order valence-electron chi connectivity index (χ1n) is 5.24. The van der Waals surface area contributed by atoms with E-state index in [2.05, 4.69) is 19.2 Å². The summed E-state index contributed by atoms with van der Waals surface area (Å²) in [6.07, 6.45) is 2.21. The van der Waals surface area contributed by atoms with E-state index in [1.54, 1.807) is 0 Å². The second-order valence-corrected chi connectivity index (χ2v) is 3.96. The lowest BCUT2D eigenvalue weighted by molar-refractivity contribution is 0.155. The van der Waals surface area contributed by atoms with Crippen LogP contribution in [-0.4, -0.2) is 5.11 Å². The summed E-state index contributed by atoms with van der Waals surface area (Å²) in [6.45, 7) is 7.61. The Morgan fingerprint density at radius 3 is 2.73 bits per heavy atom. The maximum atomic E-state index is 10.0. The number of aliphatic hydroxyl groups excluding tert-OH is 1. The predicted octanol–water partition coefficient (Wildman–Crippen LogP) is 3.40. The quantitative estimate of drug-likeness (QED) is 0.742. The fourth-order valence-corrected chi connectivity index (χ4v) is 1.71. The summed E-state index contributed by atoms with van der Waals surface area (Å²) in [5.74, 6) is 0.303. The van der Waals surface area contributed by atoms with E-state index in [0.717, 1.165) is 11.1 Å². The van der Waals surface area contributed by atoms with Crippen molar-refractivity contribution in [2.24, 2.45) is 5.92 Å². The van der Waals surface area contributed by atoms with Gasteiger partial charge in [0, 0.05) is 0 Å². The van der Waals surface area contributed by atoms with Crippen molar-refractivity contribution >= 4 is 0 Å². The Morgan fingerprint density at radius 2 is 2.13 bits per heavy atom. The van der Waals surface area contributed by atoms with Crippen LogP contribution in [0.1, 0.15) is 30.6 Å². The van der Waals surface area contributed by atoms with E-state index in [9.17, 15) is 5.11 Å². The molecule has 0 aromatic heterocycles. The van der Waals surface area contributed by atoms with Crippen molar-refractivity contribution in [3.8, 4) is 0 Å². The molecule has 1 aromatic carbocycles. The summed E-state index contributed by atoms with van der Waals surface area (Å²) < 4.78 is 0. The minimum Gasteiger partial charge on any atom is -0.388 e. The van der Waals surface area contributed by atoms with Gasteiger partial charge in [0.25, 0.3) is 0 Å². The molecule has 0 amide bonds. The molecule has 0 aliphatic rings. The second-order valence-electron chi connectivity index (χ2n) is 3.96. The minimum atomic E-state index is -0.397. The minimum absolute atomic E-state index is 0.303. The summed E-state index contributed by atoms with van der Waals surface area (Å²) in [4.78, 5) is 0. The fraction of sp³-hybridized carbons (Fsp3) is 0.357. The maximum absolute atomic E-state index is 10.0. The Labute approximate surface area is 91.8 Å². The number of aryl methyl sites for hydroxylation is 1. The Balaban J connectivity index is 2.73. The van der Waals surface area contributed by atoms with Crippen molar-refractivity contribution in [2.45, 2.75) is 26.4 Å². The van der Waals surface area contributed by atoms with Crippen molar-refractivity contribution in [1.82, 2.24) is 0 Å². The molecule has 15 heavy (non-hydrogen) atoms. The molecular weight excluding hydrogens is 184 g/mol. The Kier molecular flexibility index (Phi) is 4.36. The second kappa shape index (κ2) is 5.55. The normalized spacial score (nSPS) is 14.1. The highest BCUT2D eigenvalue weighted by molar-refractivity contribution is 5.27. The molecule has 0 bridgehead atoms. The lowest BCUT2D eigenvalue weighted by atomic mass is 9.95. The van der Waals surface area contributed by atoms with Gasteiger partial charge < -0.3 is 5.11 Å². The van der Waals surface area contributed by atoms with E-state index in [0.29, 0.717) is 12.3 Å². The predicted molar refractivity (Wildman–Crippen MR) is 63.6 cm³/mol. The number of allylic oxidation sites excluding steroid dienone is 1. The van der Waals surface area contributed by atoms with Gasteiger partial charge in [-0.05, 0) is 36.5 Å². The number of rotatable bonds is 4. The number of benzene rings is 1. The van der Waals surface area contributed by atoms with Crippen LogP contribution in [0.4, 0.5) is 0 Å². The summed E-state index contributed by atoms with van der Waals surface area (Å²) in [7, 11) is 0. The molecule has 2 unspecified atom stereocenters. The Morgan fingerprint density at radius 1 is 1.47 bits per heavy atom. The number of hydrogen-bond donors (Lipinski definition) is 1. The average Bonchev–Trinajstić information content (AvgIpc) is 2.18. The van der Waals surface area contributed by atoms with Gasteiger partial charge in [0.05, 0.1) is 6.10 Å². The van der Waals surface area contributed by atoms with Gasteiger partial charge in [0.2, 0.25) is 0 Å². The van der Waals surface area contributed by atoms with Crippen LogP contribution >= 0.6 is 0 Å². The highest BCUT2D eigenvalue weighted by Gasteiger charge is 2.12. The van der Waals surface area contributed by atoms with E-state index in [1.165, 1.54) is 0 Å². The zero-order valence-electron chi connectivity index (χ0n) is 9.40. The first-order valence-corrected chi connectivity index (χ1v) is 5.24. The number of hydrogen-bond acceptors (Lipinski definition) is 1. The van der Waals surface area contributed by atoms with Gasteiger partial charge in [-0.25, -0.2) is 0 Å². The molecule has 0 aliphatic heterocycles. The third-order valence-corrected chi connectivity index (χ3v) is 2.54. The molecule has 1 heteroatoms. The molecule has 1 nitrogen and oxygen atoms in total. The molecule has 0 saturated heterocycles. The van der Waals surface area contributed by atoms with Crippen LogP contribution in [0.25, 0.3) is 0 Å². The van der Waals surface area contributed by atoms with Gasteiger partial charge in [-0.1, -0.05) is 37.8 Å². The van der Waals surface area contributed by atoms with Crippen LogP contribution in [0.5, 0.6) is 0 Å². The molecule has 1 aromatic rings. The zero-order valence-corrected chi connectivity index (χ0v) is 9.40. The van der Waals surface area contributed by atoms with E-state index in [-0.39, 0.29) is 0 Å². The SMILES string of the molecule is C=C=CC(C)CC(O)c1ccccc1C. The van der Waals surface area contributed by atoms with Crippen LogP contribution < -0.4 is 0 Å². The standard InChI is InChI=1S/C14H18O/c1-4-7-11(2)10-14(15)13-9-6-5-8-12(13)3/h5-9,11,14-15H,1,10H2,2-3H3. The largest absolute Gasteiger partial charge is 0.388 e. The molecule has 0 spiro atoms. The van der Waals surface area contributed by atoms with Crippen molar-refractivity contribution < 1.29 is 5.11 Å². The van der Waals surface area contributed by atoms with Gasteiger partial charge >= 0.3 is 0 Å². The molecular formula is C14H18O. The highest BCUT2D eigenvalue weighted by atomic mass is 16.3. The van der Waals surface area contributed by atoms with Crippen LogP contribution in [0.3, 0.4) is 0 Å². The molecule has 1 N–H and O–H groups in total. The molecule has 80 valence electrons. The van der Waals surface area contributed by atoms with Crippen molar-refractivity contribution in [2.75, 3.05) is 0 Å². The number of aliphatic hydroxyl groups is 1. The van der Waals surface area contributed by atoms with Gasteiger partial charge in [-0.15, -0.1) is 5.73 Å². The van der Waals surface area contributed by atoms with E-state index in [4.69, 9.17) is 0 Å². The summed E-state index contributed by atoms with van der Waals surface area (Å²) in [5.41, 5.74) is 4.91. The average molecular weight is 202 g/mol. The molecule has 2 atom stereocenters. The van der Waals surface area contributed by atoms with Crippen molar-refractivity contribution in [3.05, 3.63) is 53.8 Å². The molecule has 0 aliphatic carbocycles. The van der Waals surface area contributed by atoms with Gasteiger partial charge in [-0.3, -0.25) is 0 Å². The third kappa shape index (κ3) is 3.39. The fourth-order valence-electron chi connectivity index (χ4n) is 1.71. The molecule has 0 heterocycles. The van der Waals surface area contributed by atoms with Crippen LogP contribution in [-0.2, 0) is 0 Å². The third-order valence-electron chi connectivity index (χ3n) is 2.54. The zero-order chi connectivity index (χ0) is 11.3. The Bertz CT molecular complexity index is 361. The first kappa shape index (κ1) is 11.8. The van der Waals surface area contributed by atoms with E-state index < -0.39 is 6.10 Å². The molecule has 0 fully saturated rings. The summed E-state index contributed by atoms with van der Waals surface area (Å²) in [5, 5.41) is 10.0. The van der Waals surface area contributed by atoms with Crippen LogP contribution in [0, 0.1) is 12.8 Å². The maximum Gasteiger partial charge on any atom is 0.0798 e. The van der Waals surface area contributed by atoms with E-state index in [1.807, 2.05) is 37.3 Å². The summed E-state index contributed by atoms with van der Waals surface area (Å²) >= 11 is 0. The lowest BCUT2D eigenvalue weighted by Crippen LogP contribution is -2.04. The lowest BCUT2D eigenvalue weighted by Gasteiger charge is -2.15. The Hall–Kier alpha value is -1.30. The monoisotopic (exact) mass is 202 g/mol. The van der Waals surface area contributed by atoms with Gasteiger partial charge in [0.15, 0.2) is 0 Å². The summed E-state index contributed by atoms with van der Waals surface area (Å²) in [6, 6.07) is 7.94. The van der Waals surface area contributed by atoms with Crippen molar-refractivity contribution in [1.29, 1.82) is 0 Å². The van der Waals surface area contributed by atoms with E-state index >= 15 is 0 Å². The highest BCUT2D eigenvalue weighted by Crippen LogP contribution is 2.24. The van der Waals surface area contributed by atoms with Crippen molar-refractivity contribution in [3.63, 3.8) is 0 Å². The molecule has 0 radical (unpaired) electrons. The first-order chi connectivity index (χ1) is 7.15. The van der Waals surface area contributed by atoms with Crippen LogP contribution in [0.15, 0.2) is 42.7 Å². The van der Waals surface area contributed by atoms with Gasteiger partial charge in [0.1, 0.15) is 0 Å². The smallest absolute Gasteiger partial charge is 0.0798 e. The van der Waals surface area contributed by atoms with Gasteiger partial charge in [-0.2, -0.15) is 0 Å². The van der Waals surface area contributed by atoms with Crippen LogP contribution in [0.2, 0.25) is 0 Å². The topological polar surface area (TPSA) is 20.2 Å².